The highest BCUT2D eigenvalue weighted by Gasteiger charge is 2.15. The van der Waals surface area contributed by atoms with E-state index in [1.807, 2.05) is 6.92 Å². The van der Waals surface area contributed by atoms with Gasteiger partial charge in [0.15, 0.2) is 5.82 Å². The molecule has 0 saturated heterocycles. The zero-order chi connectivity index (χ0) is 12.8. The molecule has 0 spiro atoms. The van der Waals surface area contributed by atoms with Crippen molar-refractivity contribution < 1.29 is 9.13 Å². The first kappa shape index (κ1) is 13.6. The fourth-order valence-corrected chi connectivity index (χ4v) is 1.72. The van der Waals surface area contributed by atoms with E-state index in [-0.39, 0.29) is 5.82 Å². The lowest BCUT2D eigenvalue weighted by atomic mass is 10.1. The van der Waals surface area contributed by atoms with Crippen LogP contribution in [0.5, 0.6) is 0 Å². The van der Waals surface area contributed by atoms with E-state index in [9.17, 15) is 4.39 Å². The molecule has 94 valence electrons. The summed E-state index contributed by atoms with van der Waals surface area (Å²) >= 11 is 0. The van der Waals surface area contributed by atoms with Crippen molar-refractivity contribution in [1.29, 1.82) is 0 Å². The largest absolute Gasteiger partial charge is 0.385 e. The van der Waals surface area contributed by atoms with E-state index in [4.69, 9.17) is 4.74 Å². The molecule has 0 aromatic carbocycles. The highest BCUT2D eigenvalue weighted by Crippen LogP contribution is 2.30. The fraction of sp³-hybridized carbons (Fsp3) is 0.462. The molecule has 0 saturated carbocycles. The lowest BCUT2D eigenvalue weighted by Crippen LogP contribution is -2.00. The average Bonchev–Trinajstić information content (AvgIpc) is 2.56. The Bertz CT molecular complexity index is 421. The van der Waals surface area contributed by atoms with Gasteiger partial charge in [0, 0.05) is 32.7 Å². The van der Waals surface area contributed by atoms with Crippen LogP contribution in [0.4, 0.5) is 10.2 Å². The summed E-state index contributed by atoms with van der Waals surface area (Å²) in [6.07, 6.45) is 3.96. The zero-order valence-corrected chi connectivity index (χ0v) is 10.7. The van der Waals surface area contributed by atoms with Crippen LogP contribution < -0.4 is 0 Å². The van der Waals surface area contributed by atoms with Gasteiger partial charge in [-0.2, -0.15) is 0 Å². The Morgan fingerprint density at radius 2 is 2.35 bits per heavy atom. The van der Waals surface area contributed by atoms with Gasteiger partial charge in [-0.05, 0) is 25.8 Å². The summed E-state index contributed by atoms with van der Waals surface area (Å²) in [6.45, 7) is 8.72. The molecule has 3 nitrogen and oxygen atoms in total. The average molecular weight is 238 g/mol. The van der Waals surface area contributed by atoms with Crippen LogP contribution in [0.2, 0.25) is 0 Å². The summed E-state index contributed by atoms with van der Waals surface area (Å²) in [7, 11) is 1.65. The molecule has 0 N–H and O–H groups in total. The molecule has 4 heteroatoms. The molecule has 0 bridgehead atoms. The number of methoxy groups -OCH3 is 1. The van der Waals surface area contributed by atoms with Gasteiger partial charge in [0.05, 0.1) is 5.56 Å². The van der Waals surface area contributed by atoms with Gasteiger partial charge in [-0.3, -0.25) is 0 Å². The first-order valence-electron chi connectivity index (χ1n) is 5.64. The molecule has 0 aliphatic carbocycles. The SMILES string of the molecule is C=C(C)c1c(F)cn(CCCOC)c1N=CC. The molecule has 17 heavy (non-hydrogen) atoms. The van der Waals surface area contributed by atoms with Crippen molar-refractivity contribution in [3.05, 3.63) is 24.2 Å². The molecule has 1 rings (SSSR count). The van der Waals surface area contributed by atoms with Crippen molar-refractivity contribution in [2.45, 2.75) is 26.8 Å². The van der Waals surface area contributed by atoms with Gasteiger partial charge in [0.25, 0.3) is 0 Å². The predicted molar refractivity (Wildman–Crippen MR) is 69.4 cm³/mol. The van der Waals surface area contributed by atoms with Gasteiger partial charge >= 0.3 is 0 Å². The molecule has 0 unspecified atom stereocenters. The van der Waals surface area contributed by atoms with Crippen LogP contribution in [0.1, 0.15) is 25.8 Å². The smallest absolute Gasteiger partial charge is 0.150 e. The van der Waals surface area contributed by atoms with Crippen LogP contribution in [-0.2, 0) is 11.3 Å². The Labute approximate surface area is 102 Å². The second-order valence-electron chi connectivity index (χ2n) is 3.88. The van der Waals surface area contributed by atoms with Crippen LogP contribution in [0.25, 0.3) is 5.57 Å². The second-order valence-corrected chi connectivity index (χ2v) is 3.88. The minimum atomic E-state index is -0.268. The Morgan fingerprint density at radius 3 is 2.88 bits per heavy atom. The van der Waals surface area contributed by atoms with E-state index in [0.29, 0.717) is 30.1 Å². The van der Waals surface area contributed by atoms with Crippen molar-refractivity contribution >= 4 is 17.6 Å². The first-order valence-corrected chi connectivity index (χ1v) is 5.64. The lowest BCUT2D eigenvalue weighted by Gasteiger charge is -2.06. The second kappa shape index (κ2) is 6.35. The van der Waals surface area contributed by atoms with Crippen molar-refractivity contribution in [3.63, 3.8) is 0 Å². The van der Waals surface area contributed by atoms with Gasteiger partial charge in [-0.25, -0.2) is 9.38 Å². The Kier molecular flexibility index (Phi) is 5.10. The third kappa shape index (κ3) is 3.27. The quantitative estimate of drug-likeness (QED) is 0.551. The van der Waals surface area contributed by atoms with Gasteiger partial charge in [-0.1, -0.05) is 6.58 Å². The van der Waals surface area contributed by atoms with E-state index in [0.717, 1.165) is 6.42 Å². The molecule has 1 aromatic heterocycles. The zero-order valence-electron chi connectivity index (χ0n) is 10.7. The maximum absolute atomic E-state index is 13.8. The van der Waals surface area contributed by atoms with Crippen LogP contribution in [0.15, 0.2) is 17.8 Å². The summed E-state index contributed by atoms with van der Waals surface area (Å²) in [6, 6.07) is 0. The normalized spacial score (nSPS) is 11.3. The number of nitrogens with zero attached hydrogens (tertiary/aromatic N) is 2. The maximum atomic E-state index is 13.8. The van der Waals surface area contributed by atoms with E-state index in [1.165, 1.54) is 6.20 Å². The van der Waals surface area contributed by atoms with Gasteiger partial charge < -0.3 is 9.30 Å². The number of hydrogen-bond donors (Lipinski definition) is 0. The summed E-state index contributed by atoms with van der Waals surface area (Å²) < 4.78 is 20.6. The molecule has 0 aliphatic rings. The number of aliphatic imine (C=N–C) groups is 1. The van der Waals surface area contributed by atoms with Crippen LogP contribution in [0, 0.1) is 5.82 Å². The molecule has 0 amide bonds. The van der Waals surface area contributed by atoms with E-state index < -0.39 is 0 Å². The molecule has 0 fully saturated rings. The highest BCUT2D eigenvalue weighted by atomic mass is 19.1. The van der Waals surface area contributed by atoms with E-state index in [1.54, 1.807) is 24.8 Å². The highest BCUT2D eigenvalue weighted by molar-refractivity contribution is 5.74. The summed E-state index contributed by atoms with van der Waals surface area (Å²) in [5, 5.41) is 0. The van der Waals surface area contributed by atoms with Crippen LogP contribution in [0.3, 0.4) is 0 Å². The maximum Gasteiger partial charge on any atom is 0.150 e. The number of aryl methyl sites for hydroxylation is 1. The van der Waals surface area contributed by atoms with Crippen molar-refractivity contribution in [2.75, 3.05) is 13.7 Å². The number of hydrogen-bond acceptors (Lipinski definition) is 2. The fourth-order valence-electron chi connectivity index (χ4n) is 1.72. The molecular weight excluding hydrogens is 219 g/mol. The van der Waals surface area contributed by atoms with Gasteiger partial charge in [0.2, 0.25) is 0 Å². The van der Waals surface area contributed by atoms with Crippen LogP contribution in [-0.4, -0.2) is 24.5 Å². The lowest BCUT2D eigenvalue weighted by molar-refractivity contribution is 0.190. The number of allylic oxidation sites excluding steroid dienone is 1. The Morgan fingerprint density at radius 1 is 1.65 bits per heavy atom. The van der Waals surface area contributed by atoms with E-state index >= 15 is 0 Å². The molecule has 0 aliphatic heterocycles. The summed E-state index contributed by atoms with van der Waals surface area (Å²) in [5.74, 6) is 0.365. The Hall–Kier alpha value is -1.42. The molecule has 1 aromatic rings. The predicted octanol–water partition coefficient (Wildman–Crippen LogP) is 3.42. The van der Waals surface area contributed by atoms with Crippen molar-refractivity contribution in [1.82, 2.24) is 4.57 Å². The minimum Gasteiger partial charge on any atom is -0.385 e. The third-order valence-electron chi connectivity index (χ3n) is 2.43. The van der Waals surface area contributed by atoms with Crippen molar-refractivity contribution in [2.24, 2.45) is 4.99 Å². The third-order valence-corrected chi connectivity index (χ3v) is 2.43. The van der Waals surface area contributed by atoms with Gasteiger partial charge in [-0.15, -0.1) is 0 Å². The molecular formula is C13H19FN2O. The van der Waals surface area contributed by atoms with Crippen LogP contribution >= 0.6 is 0 Å². The monoisotopic (exact) mass is 238 g/mol. The summed E-state index contributed by atoms with van der Waals surface area (Å²) in [4.78, 5) is 4.22. The Balaban J connectivity index is 3.04. The topological polar surface area (TPSA) is 26.5 Å². The number of aromatic nitrogens is 1. The summed E-state index contributed by atoms with van der Waals surface area (Å²) in [5.41, 5.74) is 1.19. The molecule has 0 atom stereocenters. The molecule has 1 heterocycles. The standard InChI is InChI=1S/C13H19FN2O/c1-5-15-13-12(10(2)3)11(14)9-16(13)7-6-8-17-4/h5,9H,2,6-8H2,1,3-4H3. The number of halogens is 1. The minimum absolute atomic E-state index is 0.268. The van der Waals surface area contributed by atoms with Crippen molar-refractivity contribution in [3.8, 4) is 0 Å². The van der Waals surface area contributed by atoms with Gasteiger partial charge in [0.1, 0.15) is 5.82 Å². The number of ether oxygens (including phenoxy) is 1. The number of rotatable bonds is 6. The van der Waals surface area contributed by atoms with E-state index in [2.05, 4.69) is 11.6 Å². The molecule has 0 radical (unpaired) electrons. The first-order chi connectivity index (χ1) is 8.11.